The molecule has 2 aliphatic rings. The van der Waals surface area contributed by atoms with E-state index < -0.39 is 0 Å². The zero-order valence-corrected chi connectivity index (χ0v) is 15.5. The number of hydrogen-bond acceptors (Lipinski definition) is 3. The summed E-state index contributed by atoms with van der Waals surface area (Å²) >= 11 is 0. The van der Waals surface area contributed by atoms with Crippen molar-refractivity contribution < 1.29 is 9.15 Å². The normalized spacial score (nSPS) is 23.5. The van der Waals surface area contributed by atoms with Crippen molar-refractivity contribution in [3.05, 3.63) is 24.2 Å². The summed E-state index contributed by atoms with van der Waals surface area (Å²) in [6.07, 6.45) is 8.48. The van der Waals surface area contributed by atoms with Gasteiger partial charge in [-0.05, 0) is 44.2 Å². The van der Waals surface area contributed by atoms with Gasteiger partial charge in [0.05, 0.1) is 11.9 Å². The molecule has 0 amide bonds. The van der Waals surface area contributed by atoms with Crippen molar-refractivity contribution in [2.45, 2.75) is 50.2 Å². The largest absolute Gasteiger partial charge is 0.469 e. The summed E-state index contributed by atoms with van der Waals surface area (Å²) in [5.41, 5.74) is 0.170. The third-order valence-electron chi connectivity index (χ3n) is 4.57. The summed E-state index contributed by atoms with van der Waals surface area (Å²) in [6, 6.07) is 4.38. The van der Waals surface area contributed by atoms with E-state index in [9.17, 15) is 0 Å². The first-order valence-electron chi connectivity index (χ1n) is 7.93. The van der Waals surface area contributed by atoms with Gasteiger partial charge in [0.25, 0.3) is 0 Å². The molecule has 1 atom stereocenters. The number of nitrogens with one attached hydrogen (secondary N) is 2. The smallest absolute Gasteiger partial charge is 0.191 e. The van der Waals surface area contributed by atoms with Crippen LogP contribution in [0.5, 0.6) is 0 Å². The molecule has 1 aromatic heterocycles. The molecule has 5 nitrogen and oxygen atoms in total. The van der Waals surface area contributed by atoms with Gasteiger partial charge in [-0.15, -0.1) is 24.0 Å². The second-order valence-electron chi connectivity index (χ2n) is 6.05. The van der Waals surface area contributed by atoms with Gasteiger partial charge in [0.2, 0.25) is 0 Å². The lowest BCUT2D eigenvalue weighted by atomic mass is 9.74. The standard InChI is InChI=1S/C16H25N3O2.HI/c1-17-15(18-9-5-14-4-2-10-20-14)19-13-6-11-21-16(12-13)7-3-8-16;/h2,4,10,13H,3,5-9,11-12H2,1H3,(H2,17,18,19);1H. The molecule has 1 aliphatic heterocycles. The number of aliphatic imine (C=N–C) groups is 1. The summed E-state index contributed by atoms with van der Waals surface area (Å²) in [4.78, 5) is 4.32. The van der Waals surface area contributed by atoms with Crippen LogP contribution in [-0.2, 0) is 11.2 Å². The van der Waals surface area contributed by atoms with Crippen molar-refractivity contribution >= 4 is 29.9 Å². The van der Waals surface area contributed by atoms with Crippen LogP contribution in [0.25, 0.3) is 0 Å². The molecule has 2 N–H and O–H groups in total. The molecule has 0 bridgehead atoms. The molecule has 124 valence electrons. The fourth-order valence-electron chi connectivity index (χ4n) is 3.22. The SMILES string of the molecule is CN=C(NCCc1ccco1)NC1CCOC2(CCC2)C1.I. The van der Waals surface area contributed by atoms with Crippen molar-refractivity contribution in [1.29, 1.82) is 0 Å². The minimum atomic E-state index is 0. The molecule has 1 aromatic rings. The van der Waals surface area contributed by atoms with Gasteiger partial charge in [0, 0.05) is 32.7 Å². The van der Waals surface area contributed by atoms with Crippen LogP contribution in [0.2, 0.25) is 0 Å². The van der Waals surface area contributed by atoms with Crippen LogP contribution >= 0.6 is 24.0 Å². The minimum absolute atomic E-state index is 0. The van der Waals surface area contributed by atoms with Gasteiger partial charge in [0.1, 0.15) is 5.76 Å². The van der Waals surface area contributed by atoms with Crippen LogP contribution in [0.3, 0.4) is 0 Å². The Morgan fingerprint density at radius 1 is 1.45 bits per heavy atom. The number of hydrogen-bond donors (Lipinski definition) is 2. The van der Waals surface area contributed by atoms with Gasteiger partial charge < -0.3 is 19.8 Å². The maximum atomic E-state index is 5.96. The lowest BCUT2D eigenvalue weighted by Gasteiger charge is -2.47. The number of ether oxygens (including phenoxy) is 1. The van der Waals surface area contributed by atoms with Gasteiger partial charge in [0.15, 0.2) is 5.96 Å². The second kappa shape index (κ2) is 8.19. The fourth-order valence-corrected chi connectivity index (χ4v) is 3.22. The van der Waals surface area contributed by atoms with E-state index in [2.05, 4.69) is 15.6 Å². The molecule has 3 rings (SSSR count). The quantitative estimate of drug-likeness (QED) is 0.448. The summed E-state index contributed by atoms with van der Waals surface area (Å²) in [5.74, 6) is 1.88. The molecule has 0 aromatic carbocycles. The topological polar surface area (TPSA) is 58.8 Å². The zero-order valence-electron chi connectivity index (χ0n) is 13.1. The second-order valence-corrected chi connectivity index (χ2v) is 6.05. The lowest BCUT2D eigenvalue weighted by Crippen LogP contribution is -2.54. The molecule has 6 heteroatoms. The fraction of sp³-hybridized carbons (Fsp3) is 0.688. The first-order valence-corrected chi connectivity index (χ1v) is 7.93. The molecular formula is C16H26IN3O2. The minimum Gasteiger partial charge on any atom is -0.469 e. The summed E-state index contributed by atoms with van der Waals surface area (Å²) < 4.78 is 11.3. The Labute approximate surface area is 149 Å². The zero-order chi connectivity index (χ0) is 14.5. The molecule has 1 unspecified atom stereocenters. The average molecular weight is 419 g/mol. The van der Waals surface area contributed by atoms with Crippen molar-refractivity contribution in [3.8, 4) is 0 Å². The monoisotopic (exact) mass is 419 g/mol. The van der Waals surface area contributed by atoms with E-state index in [1.165, 1.54) is 19.3 Å². The molecule has 2 heterocycles. The summed E-state index contributed by atoms with van der Waals surface area (Å²) in [6.45, 7) is 1.68. The van der Waals surface area contributed by atoms with Crippen LogP contribution < -0.4 is 10.6 Å². The number of guanidine groups is 1. The van der Waals surface area contributed by atoms with E-state index in [0.717, 1.165) is 44.1 Å². The van der Waals surface area contributed by atoms with Gasteiger partial charge in [-0.1, -0.05) is 0 Å². The van der Waals surface area contributed by atoms with E-state index in [-0.39, 0.29) is 29.6 Å². The van der Waals surface area contributed by atoms with E-state index in [1.807, 2.05) is 19.2 Å². The van der Waals surface area contributed by atoms with Crippen molar-refractivity contribution in [2.24, 2.45) is 4.99 Å². The van der Waals surface area contributed by atoms with E-state index in [4.69, 9.17) is 9.15 Å². The highest BCUT2D eigenvalue weighted by Gasteiger charge is 2.42. The first-order chi connectivity index (χ1) is 10.3. The molecule has 2 fully saturated rings. The third kappa shape index (κ3) is 4.38. The Bertz CT molecular complexity index is 472. The van der Waals surface area contributed by atoms with Gasteiger partial charge in [-0.25, -0.2) is 0 Å². The van der Waals surface area contributed by atoms with Crippen LogP contribution in [0.15, 0.2) is 27.8 Å². The van der Waals surface area contributed by atoms with Gasteiger partial charge >= 0.3 is 0 Å². The van der Waals surface area contributed by atoms with Crippen LogP contribution in [-0.4, -0.2) is 37.8 Å². The maximum Gasteiger partial charge on any atom is 0.191 e. The Balaban J connectivity index is 0.00000176. The van der Waals surface area contributed by atoms with Gasteiger partial charge in [-0.3, -0.25) is 4.99 Å². The first kappa shape index (κ1) is 17.6. The Kier molecular flexibility index (Phi) is 6.55. The van der Waals surface area contributed by atoms with Crippen LogP contribution in [0.1, 0.15) is 37.9 Å². The lowest BCUT2D eigenvalue weighted by molar-refractivity contribution is -0.134. The Morgan fingerprint density at radius 2 is 2.32 bits per heavy atom. The highest BCUT2D eigenvalue weighted by molar-refractivity contribution is 14.0. The van der Waals surface area contributed by atoms with Gasteiger partial charge in [-0.2, -0.15) is 0 Å². The molecule has 1 saturated heterocycles. The maximum absolute atomic E-state index is 5.96. The molecule has 1 saturated carbocycles. The van der Waals surface area contributed by atoms with E-state index in [1.54, 1.807) is 6.26 Å². The molecule has 0 radical (unpaired) electrons. The number of nitrogens with zero attached hydrogens (tertiary/aromatic N) is 1. The molecule has 22 heavy (non-hydrogen) atoms. The predicted octanol–water partition coefficient (Wildman–Crippen LogP) is 2.71. The highest BCUT2D eigenvalue weighted by Crippen LogP contribution is 2.42. The number of halogens is 1. The number of rotatable bonds is 4. The van der Waals surface area contributed by atoms with Crippen molar-refractivity contribution in [1.82, 2.24) is 10.6 Å². The molecular weight excluding hydrogens is 393 g/mol. The Morgan fingerprint density at radius 3 is 2.95 bits per heavy atom. The van der Waals surface area contributed by atoms with Crippen LogP contribution in [0.4, 0.5) is 0 Å². The van der Waals surface area contributed by atoms with Crippen LogP contribution in [0, 0.1) is 0 Å². The Hall–Kier alpha value is -0.760. The summed E-state index contributed by atoms with van der Waals surface area (Å²) in [5, 5.41) is 6.89. The number of furan rings is 1. The highest BCUT2D eigenvalue weighted by atomic mass is 127. The molecule has 1 spiro atoms. The van der Waals surface area contributed by atoms with E-state index >= 15 is 0 Å². The third-order valence-corrected chi connectivity index (χ3v) is 4.57. The average Bonchev–Trinajstić information content (AvgIpc) is 2.98. The van der Waals surface area contributed by atoms with E-state index in [0.29, 0.717) is 6.04 Å². The predicted molar refractivity (Wildman–Crippen MR) is 97.9 cm³/mol. The summed E-state index contributed by atoms with van der Waals surface area (Å²) in [7, 11) is 1.82. The van der Waals surface area contributed by atoms with Crippen molar-refractivity contribution in [3.63, 3.8) is 0 Å². The van der Waals surface area contributed by atoms with Crippen molar-refractivity contribution in [2.75, 3.05) is 20.2 Å². The molecule has 1 aliphatic carbocycles.